The van der Waals surface area contributed by atoms with E-state index in [4.69, 9.17) is 9.84 Å². The molecular weight excluding hydrogens is 279 g/mol. The first-order valence-corrected chi connectivity index (χ1v) is 5.58. The maximum absolute atomic E-state index is 13.8. The van der Waals surface area contributed by atoms with Gasteiger partial charge in [0.25, 0.3) is 0 Å². The Morgan fingerprint density at radius 1 is 1.56 bits per heavy atom. The molecule has 0 heterocycles. The van der Waals surface area contributed by atoms with Crippen molar-refractivity contribution in [3.8, 4) is 5.75 Å². The molecular formula is C11H12BrFO3. The monoisotopic (exact) mass is 290 g/mol. The number of ether oxygens (including phenoxy) is 1. The molecule has 0 aliphatic rings. The molecule has 0 saturated carbocycles. The zero-order chi connectivity index (χ0) is 12.1. The van der Waals surface area contributed by atoms with Gasteiger partial charge in [0, 0.05) is 16.5 Å². The maximum Gasteiger partial charge on any atom is 0.303 e. The molecule has 1 rings (SSSR count). The molecule has 0 aliphatic heterocycles. The Morgan fingerprint density at radius 3 is 2.81 bits per heavy atom. The average Bonchev–Trinajstić information content (AvgIpc) is 2.23. The predicted molar refractivity (Wildman–Crippen MR) is 61.2 cm³/mol. The highest BCUT2D eigenvalue weighted by Crippen LogP contribution is 2.28. The van der Waals surface area contributed by atoms with Crippen molar-refractivity contribution < 1.29 is 19.0 Å². The van der Waals surface area contributed by atoms with Gasteiger partial charge in [-0.15, -0.1) is 0 Å². The predicted octanol–water partition coefficient (Wildman–Crippen LogP) is 3.00. The van der Waals surface area contributed by atoms with Gasteiger partial charge < -0.3 is 9.84 Å². The summed E-state index contributed by atoms with van der Waals surface area (Å²) in [6.07, 6.45) is 0.803. The lowest BCUT2D eigenvalue weighted by molar-refractivity contribution is -0.137. The molecule has 0 amide bonds. The van der Waals surface area contributed by atoms with Crippen LogP contribution in [0.2, 0.25) is 0 Å². The molecule has 1 aromatic carbocycles. The number of carboxylic acid groups (broad SMARTS) is 1. The Hall–Kier alpha value is -1.10. The summed E-state index contributed by atoms with van der Waals surface area (Å²) in [6, 6.07) is 3.22. The number of carboxylic acids is 1. The SMILES string of the molecule is COc1ccc(Br)c(CCCC(=O)O)c1F. The Kier molecular flexibility index (Phi) is 4.73. The molecule has 0 bridgehead atoms. The molecule has 0 radical (unpaired) electrons. The quantitative estimate of drug-likeness (QED) is 0.907. The van der Waals surface area contributed by atoms with Crippen molar-refractivity contribution in [3.05, 3.63) is 28.0 Å². The summed E-state index contributed by atoms with van der Waals surface area (Å²) in [5.74, 6) is -1.13. The number of methoxy groups -OCH3 is 1. The van der Waals surface area contributed by atoms with Gasteiger partial charge in [0.2, 0.25) is 0 Å². The van der Waals surface area contributed by atoms with Crippen molar-refractivity contribution in [2.75, 3.05) is 7.11 Å². The van der Waals surface area contributed by atoms with Crippen LogP contribution in [0, 0.1) is 5.82 Å². The minimum Gasteiger partial charge on any atom is -0.494 e. The van der Waals surface area contributed by atoms with Crippen LogP contribution < -0.4 is 4.74 Å². The first-order chi connectivity index (χ1) is 7.56. The minimum absolute atomic E-state index is 0.0308. The fraction of sp³-hybridized carbons (Fsp3) is 0.364. The van der Waals surface area contributed by atoms with E-state index >= 15 is 0 Å². The van der Waals surface area contributed by atoms with E-state index in [1.165, 1.54) is 13.2 Å². The molecule has 0 spiro atoms. The largest absolute Gasteiger partial charge is 0.494 e. The molecule has 0 atom stereocenters. The van der Waals surface area contributed by atoms with Gasteiger partial charge in [0.15, 0.2) is 11.6 Å². The highest BCUT2D eigenvalue weighted by molar-refractivity contribution is 9.10. The Labute approximate surface area is 101 Å². The summed E-state index contributed by atoms with van der Waals surface area (Å²) in [7, 11) is 1.40. The molecule has 0 aliphatic carbocycles. The number of hydrogen-bond donors (Lipinski definition) is 1. The van der Waals surface area contributed by atoms with Crippen LogP contribution in [-0.2, 0) is 11.2 Å². The first kappa shape index (κ1) is 13.0. The normalized spacial score (nSPS) is 10.2. The molecule has 3 nitrogen and oxygen atoms in total. The number of aliphatic carboxylic acids is 1. The molecule has 5 heteroatoms. The highest BCUT2D eigenvalue weighted by atomic mass is 79.9. The fourth-order valence-corrected chi connectivity index (χ4v) is 1.88. The zero-order valence-electron chi connectivity index (χ0n) is 8.80. The van der Waals surface area contributed by atoms with Gasteiger partial charge in [-0.2, -0.15) is 0 Å². The second-order valence-corrected chi connectivity index (χ2v) is 4.14. The standard InChI is InChI=1S/C11H12BrFO3/c1-16-9-6-5-8(12)7(11(9)13)3-2-4-10(14)15/h5-6H,2-4H2,1H3,(H,14,15). The summed E-state index contributed by atoms with van der Waals surface area (Å²) in [5, 5.41) is 8.50. The van der Waals surface area contributed by atoms with E-state index in [2.05, 4.69) is 15.9 Å². The third-order valence-electron chi connectivity index (χ3n) is 2.19. The van der Waals surface area contributed by atoms with E-state index in [-0.39, 0.29) is 12.2 Å². The summed E-state index contributed by atoms with van der Waals surface area (Å²) in [6.45, 7) is 0. The lowest BCUT2D eigenvalue weighted by atomic mass is 10.1. The topological polar surface area (TPSA) is 46.5 Å². The van der Waals surface area contributed by atoms with Gasteiger partial charge in [-0.1, -0.05) is 15.9 Å². The number of benzene rings is 1. The Balaban J connectivity index is 2.81. The summed E-state index contributed by atoms with van der Waals surface area (Å²) in [5.41, 5.74) is 0.459. The zero-order valence-corrected chi connectivity index (χ0v) is 10.4. The van der Waals surface area contributed by atoms with E-state index in [1.54, 1.807) is 6.07 Å². The second kappa shape index (κ2) is 5.84. The Morgan fingerprint density at radius 2 is 2.25 bits per heavy atom. The van der Waals surface area contributed by atoms with Crippen molar-refractivity contribution in [1.29, 1.82) is 0 Å². The molecule has 88 valence electrons. The first-order valence-electron chi connectivity index (χ1n) is 4.79. The van der Waals surface area contributed by atoms with Gasteiger partial charge in [0.1, 0.15) is 0 Å². The number of rotatable bonds is 5. The van der Waals surface area contributed by atoms with Crippen LogP contribution >= 0.6 is 15.9 Å². The van der Waals surface area contributed by atoms with Crippen molar-refractivity contribution >= 4 is 21.9 Å². The lowest BCUT2D eigenvalue weighted by Crippen LogP contribution is -2.00. The van der Waals surface area contributed by atoms with E-state index in [9.17, 15) is 9.18 Å². The molecule has 0 fully saturated rings. The lowest BCUT2D eigenvalue weighted by Gasteiger charge is -2.09. The third kappa shape index (κ3) is 3.20. The van der Waals surface area contributed by atoms with Gasteiger partial charge in [-0.3, -0.25) is 4.79 Å². The van der Waals surface area contributed by atoms with Crippen LogP contribution in [0.1, 0.15) is 18.4 Å². The number of hydrogen-bond acceptors (Lipinski definition) is 2. The van der Waals surface area contributed by atoms with Crippen LogP contribution in [0.15, 0.2) is 16.6 Å². The smallest absolute Gasteiger partial charge is 0.303 e. The second-order valence-electron chi connectivity index (χ2n) is 3.29. The molecule has 1 aromatic rings. The van der Waals surface area contributed by atoms with E-state index in [0.717, 1.165) is 0 Å². The minimum atomic E-state index is -0.876. The van der Waals surface area contributed by atoms with E-state index in [1.807, 2.05) is 0 Å². The number of carbonyl (C=O) groups is 1. The Bertz CT molecular complexity index is 393. The summed E-state index contributed by atoms with van der Waals surface area (Å²) in [4.78, 5) is 10.4. The molecule has 0 unspecified atom stereocenters. The van der Waals surface area contributed by atoms with Crippen molar-refractivity contribution in [3.63, 3.8) is 0 Å². The summed E-state index contributed by atoms with van der Waals surface area (Å²) < 4.78 is 19.2. The van der Waals surface area contributed by atoms with Crippen molar-refractivity contribution in [2.24, 2.45) is 0 Å². The highest BCUT2D eigenvalue weighted by Gasteiger charge is 2.12. The van der Waals surface area contributed by atoms with Crippen LogP contribution in [-0.4, -0.2) is 18.2 Å². The molecule has 1 N–H and O–H groups in total. The van der Waals surface area contributed by atoms with Crippen LogP contribution in [0.5, 0.6) is 5.75 Å². The van der Waals surface area contributed by atoms with Gasteiger partial charge in [-0.05, 0) is 25.0 Å². The van der Waals surface area contributed by atoms with Gasteiger partial charge >= 0.3 is 5.97 Å². The third-order valence-corrected chi connectivity index (χ3v) is 2.93. The molecule has 0 saturated heterocycles. The average molecular weight is 291 g/mol. The van der Waals surface area contributed by atoms with Gasteiger partial charge in [0.05, 0.1) is 7.11 Å². The van der Waals surface area contributed by atoms with Gasteiger partial charge in [-0.25, -0.2) is 4.39 Å². The fourth-order valence-electron chi connectivity index (χ4n) is 1.38. The number of halogens is 2. The summed E-state index contributed by atoms with van der Waals surface area (Å²) >= 11 is 3.23. The molecule has 16 heavy (non-hydrogen) atoms. The maximum atomic E-state index is 13.8. The van der Waals surface area contributed by atoms with E-state index in [0.29, 0.717) is 22.9 Å². The van der Waals surface area contributed by atoms with Crippen LogP contribution in [0.25, 0.3) is 0 Å². The van der Waals surface area contributed by atoms with Crippen LogP contribution in [0.3, 0.4) is 0 Å². The van der Waals surface area contributed by atoms with Crippen molar-refractivity contribution in [1.82, 2.24) is 0 Å². The molecule has 0 aromatic heterocycles. The van der Waals surface area contributed by atoms with Crippen LogP contribution in [0.4, 0.5) is 4.39 Å². The van der Waals surface area contributed by atoms with Crippen molar-refractivity contribution in [2.45, 2.75) is 19.3 Å². The van der Waals surface area contributed by atoms with E-state index < -0.39 is 11.8 Å².